The monoisotopic (exact) mass is 563 g/mol. The fraction of sp³-hybridized carbons (Fsp3) is 0.188. The van der Waals surface area contributed by atoms with Gasteiger partial charge in [0.2, 0.25) is 5.13 Å². The molecule has 2 aromatic heterocycles. The molecule has 0 aliphatic carbocycles. The molecule has 4 N–H and O–H groups in total. The van der Waals surface area contributed by atoms with Crippen LogP contribution in [0.4, 0.5) is 9.93 Å². The number of allylic oxidation sites excluding steroid dienone is 4. The normalized spacial score (nSPS) is 15.7. The molecule has 41 heavy (non-hydrogen) atoms. The van der Waals surface area contributed by atoms with Gasteiger partial charge in [0.1, 0.15) is 0 Å². The van der Waals surface area contributed by atoms with Gasteiger partial charge < -0.3 is 16.4 Å². The van der Waals surface area contributed by atoms with Crippen molar-refractivity contribution in [2.24, 2.45) is 0 Å². The molecule has 1 saturated heterocycles. The number of carbonyl (C=O) groups excluding carboxylic acids is 1. The Hall–Kier alpha value is -4.60. The molecule has 8 nitrogen and oxygen atoms in total. The summed E-state index contributed by atoms with van der Waals surface area (Å²) in [5.74, 6) is 0. The zero-order chi connectivity index (χ0) is 28.6. The van der Waals surface area contributed by atoms with Crippen LogP contribution in [0.25, 0.3) is 33.0 Å². The highest BCUT2D eigenvalue weighted by molar-refractivity contribution is 7.18. The lowest BCUT2D eigenvalue weighted by Gasteiger charge is -2.18. The summed E-state index contributed by atoms with van der Waals surface area (Å²) in [4.78, 5) is 19.7. The van der Waals surface area contributed by atoms with Gasteiger partial charge in [0.05, 0.1) is 5.69 Å². The molecule has 0 spiro atoms. The van der Waals surface area contributed by atoms with E-state index in [2.05, 4.69) is 74.8 Å². The molecule has 3 heterocycles. The van der Waals surface area contributed by atoms with Gasteiger partial charge in [-0.05, 0) is 42.7 Å². The van der Waals surface area contributed by atoms with E-state index in [0.29, 0.717) is 10.8 Å². The lowest BCUT2D eigenvalue weighted by Crippen LogP contribution is -2.42. The van der Waals surface area contributed by atoms with E-state index in [9.17, 15) is 4.79 Å². The van der Waals surface area contributed by atoms with Gasteiger partial charge in [-0.3, -0.25) is 9.88 Å². The van der Waals surface area contributed by atoms with Gasteiger partial charge in [-0.25, -0.2) is 4.79 Å². The maximum Gasteiger partial charge on any atom is 0.319 e. The maximum absolute atomic E-state index is 12.5. The first kappa shape index (κ1) is 27.9. The van der Waals surface area contributed by atoms with Gasteiger partial charge in [0.15, 0.2) is 5.01 Å². The number of benzene rings is 2. The van der Waals surface area contributed by atoms with Gasteiger partial charge in [-0.15, -0.1) is 10.2 Å². The van der Waals surface area contributed by atoms with Gasteiger partial charge in [0.25, 0.3) is 0 Å². The standard InChI is InChI=1S/C32H33N7OS/c1-3-8-26(9-4-2)35-32(40)36-27-16-17-39(21-27)20-22-12-14-24(15-13-22)29-28(23-10-6-5-7-11-23)18-25(19-34-29)30-37-38-31(33)41-30/h3-15,18-19,27H,1,16-17,20-21H2,2H3,(H2,33,38)(H2,35,36,40)/b9-4-,26-8+. The largest absolute Gasteiger partial charge is 0.374 e. The van der Waals surface area contributed by atoms with Crippen molar-refractivity contribution in [1.29, 1.82) is 0 Å². The Kier molecular flexibility index (Phi) is 8.98. The van der Waals surface area contributed by atoms with Crippen LogP contribution in [-0.4, -0.2) is 45.2 Å². The SMILES string of the molecule is C=C/C=C(\C=C/C)NC(=O)NC1CCN(Cc2ccc(-c3ncc(-c4nnc(N)s4)cc3-c3ccccc3)cc2)C1. The number of nitrogens with one attached hydrogen (secondary N) is 2. The average molecular weight is 564 g/mol. The van der Waals surface area contributed by atoms with Crippen molar-refractivity contribution in [1.82, 2.24) is 30.7 Å². The van der Waals surface area contributed by atoms with Gasteiger partial charge in [-0.2, -0.15) is 0 Å². The highest BCUT2D eigenvalue weighted by Crippen LogP contribution is 2.35. The number of pyridine rings is 1. The first-order valence-corrected chi connectivity index (χ1v) is 14.3. The topological polar surface area (TPSA) is 109 Å². The van der Waals surface area contributed by atoms with Crippen molar-refractivity contribution >= 4 is 22.5 Å². The number of carbonyl (C=O) groups is 1. The van der Waals surface area contributed by atoms with Crippen molar-refractivity contribution in [2.75, 3.05) is 18.8 Å². The van der Waals surface area contributed by atoms with Crippen LogP contribution in [0, 0.1) is 0 Å². The van der Waals surface area contributed by atoms with E-state index in [4.69, 9.17) is 10.7 Å². The number of rotatable bonds is 9. The minimum absolute atomic E-state index is 0.101. The number of aromatic nitrogens is 3. The summed E-state index contributed by atoms with van der Waals surface area (Å²) >= 11 is 1.35. The molecule has 4 aromatic rings. The van der Waals surface area contributed by atoms with Crippen LogP contribution in [-0.2, 0) is 6.54 Å². The summed E-state index contributed by atoms with van der Waals surface area (Å²) in [5, 5.41) is 15.3. The smallest absolute Gasteiger partial charge is 0.319 e. The molecule has 9 heteroatoms. The molecule has 2 aromatic carbocycles. The van der Waals surface area contributed by atoms with E-state index in [1.54, 1.807) is 12.2 Å². The Labute approximate surface area is 244 Å². The highest BCUT2D eigenvalue weighted by atomic mass is 32.1. The number of anilines is 1. The van der Waals surface area contributed by atoms with Crippen molar-refractivity contribution in [2.45, 2.75) is 25.9 Å². The first-order chi connectivity index (χ1) is 20.0. The number of nitrogens with zero attached hydrogens (tertiary/aromatic N) is 4. The number of hydrogen-bond acceptors (Lipinski definition) is 7. The Morgan fingerprint density at radius 1 is 1.12 bits per heavy atom. The van der Waals surface area contributed by atoms with Crippen LogP contribution in [0.3, 0.4) is 0 Å². The molecule has 1 unspecified atom stereocenters. The van der Waals surface area contributed by atoms with E-state index in [0.717, 1.165) is 59.0 Å². The number of urea groups is 1. The predicted molar refractivity (Wildman–Crippen MR) is 167 cm³/mol. The molecule has 1 aliphatic rings. The number of likely N-dealkylation sites (tertiary alicyclic amines) is 1. The number of amides is 2. The van der Waals surface area contributed by atoms with Crippen molar-refractivity contribution in [3.63, 3.8) is 0 Å². The zero-order valence-corrected chi connectivity index (χ0v) is 23.8. The van der Waals surface area contributed by atoms with Crippen molar-refractivity contribution in [3.05, 3.63) is 109 Å². The van der Waals surface area contributed by atoms with E-state index in [1.165, 1.54) is 16.9 Å². The second-order valence-electron chi connectivity index (χ2n) is 9.81. The van der Waals surface area contributed by atoms with E-state index in [-0.39, 0.29) is 12.1 Å². The summed E-state index contributed by atoms with van der Waals surface area (Å²) in [7, 11) is 0. The van der Waals surface area contributed by atoms with Crippen LogP contribution >= 0.6 is 11.3 Å². The molecular formula is C32H33N7OS. The first-order valence-electron chi connectivity index (χ1n) is 13.5. The molecule has 1 atom stereocenters. The minimum atomic E-state index is -0.199. The Morgan fingerprint density at radius 3 is 2.63 bits per heavy atom. The summed E-state index contributed by atoms with van der Waals surface area (Å²) in [6.45, 7) is 8.15. The summed E-state index contributed by atoms with van der Waals surface area (Å²) in [6, 6.07) is 20.8. The minimum Gasteiger partial charge on any atom is -0.374 e. The van der Waals surface area contributed by atoms with Crippen LogP contribution in [0.2, 0.25) is 0 Å². The van der Waals surface area contributed by atoms with Crippen molar-refractivity contribution < 1.29 is 4.79 Å². The fourth-order valence-electron chi connectivity index (χ4n) is 4.92. The zero-order valence-electron chi connectivity index (χ0n) is 23.0. The summed E-state index contributed by atoms with van der Waals surface area (Å²) < 4.78 is 0. The molecular weight excluding hydrogens is 530 g/mol. The van der Waals surface area contributed by atoms with E-state index >= 15 is 0 Å². The molecule has 1 aliphatic heterocycles. The second-order valence-corrected chi connectivity index (χ2v) is 10.8. The molecule has 5 rings (SSSR count). The number of nitrogen functional groups attached to an aromatic ring is 1. The summed E-state index contributed by atoms with van der Waals surface area (Å²) in [5.41, 5.74) is 12.7. The van der Waals surface area contributed by atoms with E-state index < -0.39 is 0 Å². The third kappa shape index (κ3) is 7.13. The number of hydrogen-bond donors (Lipinski definition) is 3. The van der Waals surface area contributed by atoms with Crippen LogP contribution in [0.1, 0.15) is 18.9 Å². The molecule has 1 fully saturated rings. The third-order valence-electron chi connectivity index (χ3n) is 6.80. The third-order valence-corrected chi connectivity index (χ3v) is 7.60. The maximum atomic E-state index is 12.5. The molecule has 2 amide bonds. The quantitative estimate of drug-likeness (QED) is 0.214. The Morgan fingerprint density at radius 2 is 1.93 bits per heavy atom. The van der Waals surface area contributed by atoms with Crippen LogP contribution in [0.15, 0.2) is 103 Å². The van der Waals surface area contributed by atoms with E-state index in [1.807, 2.05) is 43.5 Å². The highest BCUT2D eigenvalue weighted by Gasteiger charge is 2.24. The molecule has 208 valence electrons. The summed E-state index contributed by atoms with van der Waals surface area (Å²) in [6.07, 6.45) is 9.88. The average Bonchev–Trinajstić information content (AvgIpc) is 3.62. The van der Waals surface area contributed by atoms with Crippen molar-refractivity contribution in [3.8, 4) is 33.0 Å². The Balaban J connectivity index is 1.26. The lowest BCUT2D eigenvalue weighted by molar-refractivity contribution is 0.238. The van der Waals surface area contributed by atoms with Crippen LogP contribution in [0.5, 0.6) is 0 Å². The second kappa shape index (κ2) is 13.2. The predicted octanol–water partition coefficient (Wildman–Crippen LogP) is 6.04. The fourth-order valence-corrected chi connectivity index (χ4v) is 5.51. The van der Waals surface area contributed by atoms with Gasteiger partial charge >= 0.3 is 6.03 Å². The van der Waals surface area contributed by atoms with Crippen LogP contribution < -0.4 is 16.4 Å². The number of nitrogens with two attached hydrogens (primary N) is 1. The molecule has 0 radical (unpaired) electrons. The lowest BCUT2D eigenvalue weighted by atomic mass is 9.97. The van der Waals surface area contributed by atoms with Gasteiger partial charge in [0, 0.05) is 54.3 Å². The Bertz CT molecular complexity index is 1560. The molecule has 0 bridgehead atoms. The van der Waals surface area contributed by atoms with Gasteiger partial charge in [-0.1, -0.05) is 84.7 Å². The molecule has 0 saturated carbocycles.